The molecular weight excluding hydrogens is 532 g/mol. The fourth-order valence-corrected chi connectivity index (χ4v) is 5.14. The van der Waals surface area contributed by atoms with E-state index in [4.69, 9.17) is 9.84 Å². The van der Waals surface area contributed by atoms with Gasteiger partial charge in [0, 0.05) is 50.9 Å². The first kappa shape index (κ1) is 28.3. The summed E-state index contributed by atoms with van der Waals surface area (Å²) in [4.78, 5) is 33.4. The highest BCUT2D eigenvalue weighted by Gasteiger charge is 2.26. The minimum atomic E-state index is -0.585. The number of amides is 1. The second-order valence-electron chi connectivity index (χ2n) is 10.4. The minimum Gasteiger partial charge on any atom is -0.488 e. The molecule has 3 aromatic heterocycles. The molecule has 5 rings (SSSR count). The summed E-state index contributed by atoms with van der Waals surface area (Å²) in [6.45, 7) is 5.23. The Balaban J connectivity index is 1.31. The van der Waals surface area contributed by atoms with Gasteiger partial charge in [-0.1, -0.05) is 6.07 Å². The van der Waals surface area contributed by atoms with Crippen molar-refractivity contribution in [3.05, 3.63) is 71.6 Å². The largest absolute Gasteiger partial charge is 0.488 e. The standard InChI is InChI=1S/C29H33F2N7O3/c1-18(2)41-22-14-32-29(33-15-22)37-8-6-21(7-9-37)38-16-24(31)26-25(34-17-35-27(26)38)13-19-4-5-20(12-23(19)30)28(40)36(3)10-11-39/h4-5,12,14-18,21,39H,6-11,13H2,1-3H3. The van der Waals surface area contributed by atoms with Crippen molar-refractivity contribution in [2.75, 3.05) is 38.2 Å². The molecule has 4 aromatic rings. The molecule has 0 bridgehead atoms. The van der Waals surface area contributed by atoms with E-state index in [1.165, 1.54) is 36.6 Å². The molecule has 0 unspecified atom stereocenters. The summed E-state index contributed by atoms with van der Waals surface area (Å²) < 4.78 is 37.8. The van der Waals surface area contributed by atoms with Crippen LogP contribution >= 0.6 is 0 Å². The van der Waals surface area contributed by atoms with Crippen molar-refractivity contribution in [3.63, 3.8) is 0 Å². The first-order valence-corrected chi connectivity index (χ1v) is 13.6. The summed E-state index contributed by atoms with van der Waals surface area (Å²) >= 11 is 0. The number of aliphatic hydroxyl groups is 1. The summed E-state index contributed by atoms with van der Waals surface area (Å²) in [5, 5.41) is 9.32. The molecule has 1 amide bonds. The highest BCUT2D eigenvalue weighted by atomic mass is 19.1. The molecule has 1 aromatic carbocycles. The molecule has 4 heterocycles. The SMILES string of the molecule is CC(C)Oc1cnc(N2CCC(n3cc(F)c4c(Cc5ccc(C(=O)N(C)CCO)cc5F)ncnc43)CC2)nc1. The van der Waals surface area contributed by atoms with Crippen molar-refractivity contribution in [2.24, 2.45) is 0 Å². The van der Waals surface area contributed by atoms with E-state index >= 15 is 8.78 Å². The Morgan fingerprint density at radius 3 is 2.51 bits per heavy atom. The van der Waals surface area contributed by atoms with E-state index in [-0.39, 0.29) is 48.2 Å². The number of halogens is 2. The number of carbonyl (C=O) groups is 1. The Hall–Kier alpha value is -4.19. The summed E-state index contributed by atoms with van der Waals surface area (Å²) in [5.41, 5.74) is 1.30. The number of aromatic nitrogens is 5. The van der Waals surface area contributed by atoms with Crippen LogP contribution in [0.4, 0.5) is 14.7 Å². The molecule has 216 valence electrons. The van der Waals surface area contributed by atoms with Gasteiger partial charge in [0.15, 0.2) is 11.6 Å². The fraction of sp³-hybridized carbons (Fsp3) is 0.414. The minimum absolute atomic E-state index is 0.0162. The van der Waals surface area contributed by atoms with Crippen molar-refractivity contribution >= 4 is 22.9 Å². The molecule has 1 aliphatic heterocycles. The summed E-state index contributed by atoms with van der Waals surface area (Å²) in [7, 11) is 1.54. The van der Waals surface area contributed by atoms with Gasteiger partial charge in [0.05, 0.1) is 36.2 Å². The van der Waals surface area contributed by atoms with Crippen molar-refractivity contribution in [1.82, 2.24) is 29.4 Å². The number of fused-ring (bicyclic) bond motifs is 1. The average molecular weight is 566 g/mol. The molecule has 10 nitrogen and oxygen atoms in total. The number of aliphatic hydroxyl groups excluding tert-OH is 1. The molecule has 1 N–H and O–H groups in total. The summed E-state index contributed by atoms with van der Waals surface area (Å²) in [6.07, 6.45) is 7.73. The monoisotopic (exact) mass is 565 g/mol. The van der Waals surface area contributed by atoms with Crippen LogP contribution in [0, 0.1) is 11.6 Å². The van der Waals surface area contributed by atoms with Gasteiger partial charge in [-0.3, -0.25) is 4.79 Å². The van der Waals surface area contributed by atoms with E-state index in [1.807, 2.05) is 18.4 Å². The lowest BCUT2D eigenvalue weighted by Crippen LogP contribution is -2.35. The van der Waals surface area contributed by atoms with Gasteiger partial charge in [-0.05, 0) is 44.4 Å². The van der Waals surface area contributed by atoms with Crippen LogP contribution in [0.25, 0.3) is 11.0 Å². The first-order chi connectivity index (χ1) is 19.7. The molecule has 1 aliphatic rings. The van der Waals surface area contributed by atoms with E-state index < -0.39 is 17.5 Å². The van der Waals surface area contributed by atoms with Gasteiger partial charge in [0.25, 0.3) is 5.91 Å². The molecule has 12 heteroatoms. The highest BCUT2D eigenvalue weighted by Crippen LogP contribution is 2.31. The van der Waals surface area contributed by atoms with Crippen LogP contribution < -0.4 is 9.64 Å². The van der Waals surface area contributed by atoms with Crippen LogP contribution in [0.5, 0.6) is 5.75 Å². The van der Waals surface area contributed by atoms with Crippen molar-refractivity contribution < 1.29 is 23.4 Å². The van der Waals surface area contributed by atoms with Gasteiger partial charge in [0.1, 0.15) is 17.8 Å². The van der Waals surface area contributed by atoms with Gasteiger partial charge >= 0.3 is 0 Å². The summed E-state index contributed by atoms with van der Waals surface area (Å²) in [6, 6.07) is 4.21. The molecule has 0 radical (unpaired) electrons. The second kappa shape index (κ2) is 12.1. The van der Waals surface area contributed by atoms with Crippen LogP contribution in [-0.4, -0.2) is 79.8 Å². The maximum atomic E-state index is 15.3. The van der Waals surface area contributed by atoms with Crippen molar-refractivity contribution in [3.8, 4) is 5.75 Å². The number of nitrogens with zero attached hydrogens (tertiary/aromatic N) is 7. The third kappa shape index (κ3) is 6.12. The van der Waals surface area contributed by atoms with E-state index in [0.29, 0.717) is 36.1 Å². The van der Waals surface area contributed by atoms with E-state index in [1.54, 1.807) is 12.4 Å². The number of ether oxygens (including phenoxy) is 1. The molecule has 1 saturated heterocycles. The number of hydrogen-bond acceptors (Lipinski definition) is 8. The van der Waals surface area contributed by atoms with Crippen LogP contribution in [0.15, 0.2) is 43.1 Å². The second-order valence-corrected chi connectivity index (χ2v) is 10.4. The van der Waals surface area contributed by atoms with Gasteiger partial charge in [0.2, 0.25) is 5.95 Å². The van der Waals surface area contributed by atoms with Gasteiger partial charge < -0.3 is 24.2 Å². The maximum Gasteiger partial charge on any atom is 0.253 e. The Morgan fingerprint density at radius 1 is 1.12 bits per heavy atom. The third-order valence-electron chi connectivity index (χ3n) is 7.21. The molecule has 0 saturated carbocycles. The van der Waals surface area contributed by atoms with Gasteiger partial charge in [-0.2, -0.15) is 0 Å². The molecule has 41 heavy (non-hydrogen) atoms. The number of benzene rings is 1. The van der Waals surface area contributed by atoms with Crippen LogP contribution in [0.1, 0.15) is 54.3 Å². The number of piperidine rings is 1. The predicted octanol–water partition coefficient (Wildman–Crippen LogP) is 3.78. The molecule has 0 aliphatic carbocycles. The maximum absolute atomic E-state index is 15.3. The van der Waals surface area contributed by atoms with Gasteiger partial charge in [-0.15, -0.1) is 0 Å². The van der Waals surface area contributed by atoms with E-state index in [9.17, 15) is 4.79 Å². The van der Waals surface area contributed by atoms with Crippen LogP contribution in [-0.2, 0) is 6.42 Å². The molecule has 0 spiro atoms. The predicted molar refractivity (Wildman–Crippen MR) is 149 cm³/mol. The Bertz CT molecular complexity index is 1520. The van der Waals surface area contributed by atoms with Crippen molar-refractivity contribution in [1.29, 1.82) is 0 Å². The third-order valence-corrected chi connectivity index (χ3v) is 7.21. The molecular formula is C29H33F2N7O3. The lowest BCUT2D eigenvalue weighted by Gasteiger charge is -2.32. The lowest BCUT2D eigenvalue weighted by atomic mass is 10.0. The zero-order valence-corrected chi connectivity index (χ0v) is 23.3. The van der Waals surface area contributed by atoms with Gasteiger partial charge in [-0.25, -0.2) is 28.7 Å². The number of rotatable bonds is 9. The molecule has 1 fully saturated rings. The quantitative estimate of drug-likeness (QED) is 0.327. The topological polar surface area (TPSA) is 110 Å². The zero-order chi connectivity index (χ0) is 29.1. The first-order valence-electron chi connectivity index (χ1n) is 13.6. The number of carbonyl (C=O) groups excluding carboxylic acids is 1. The fourth-order valence-electron chi connectivity index (χ4n) is 5.14. The molecule has 0 atom stereocenters. The highest BCUT2D eigenvalue weighted by molar-refractivity contribution is 5.94. The van der Waals surface area contributed by atoms with Crippen LogP contribution in [0.2, 0.25) is 0 Å². The average Bonchev–Trinajstić information content (AvgIpc) is 3.31. The number of anilines is 1. The van der Waals surface area contributed by atoms with Crippen molar-refractivity contribution in [2.45, 2.75) is 45.3 Å². The normalized spacial score (nSPS) is 14.2. The number of hydrogen-bond donors (Lipinski definition) is 1. The van der Waals surface area contributed by atoms with E-state index in [0.717, 1.165) is 18.9 Å². The Labute approximate surface area is 236 Å². The zero-order valence-electron chi connectivity index (χ0n) is 23.3. The van der Waals surface area contributed by atoms with E-state index in [2.05, 4.69) is 24.8 Å². The lowest BCUT2D eigenvalue weighted by molar-refractivity contribution is 0.0766. The van der Waals surface area contributed by atoms with Crippen LogP contribution in [0.3, 0.4) is 0 Å². The smallest absolute Gasteiger partial charge is 0.253 e. The Morgan fingerprint density at radius 2 is 1.85 bits per heavy atom. The number of likely N-dealkylation sites (N-methyl/N-ethyl adjacent to an activating group) is 1. The Kier molecular flexibility index (Phi) is 8.39. The summed E-state index contributed by atoms with van der Waals surface area (Å²) in [5.74, 6) is -0.189.